The van der Waals surface area contributed by atoms with Gasteiger partial charge in [0.25, 0.3) is 6.47 Å². The van der Waals surface area contributed by atoms with E-state index in [4.69, 9.17) is 0 Å². The maximum absolute atomic E-state index is 9.60. The molecule has 0 bridgehead atoms. The van der Waals surface area contributed by atoms with E-state index in [1.54, 1.807) is 17.5 Å². The lowest BCUT2D eigenvalue weighted by Gasteiger charge is -2.14. The smallest absolute Gasteiger partial charge is 0.293 e. The van der Waals surface area contributed by atoms with Crippen LogP contribution in [0.5, 0.6) is 0 Å². The number of nitrogens with zero attached hydrogens (tertiary/aromatic N) is 1. The molecule has 2 rings (SSSR count). The summed E-state index contributed by atoms with van der Waals surface area (Å²) in [5.74, 6) is 0. The zero-order valence-corrected chi connectivity index (χ0v) is 11.0. The quantitative estimate of drug-likeness (QED) is 0.836. The van der Waals surface area contributed by atoms with Crippen LogP contribution >= 0.6 is 11.3 Å². The second-order valence-corrected chi connectivity index (χ2v) is 5.14. The lowest BCUT2D eigenvalue weighted by atomic mass is 10.2. The van der Waals surface area contributed by atoms with Crippen molar-refractivity contribution in [1.82, 2.24) is 9.97 Å². The highest BCUT2D eigenvalue weighted by Crippen LogP contribution is 2.18. The predicted molar refractivity (Wildman–Crippen MR) is 68.8 cm³/mol. The van der Waals surface area contributed by atoms with Gasteiger partial charge in [0.05, 0.1) is 5.69 Å². The lowest BCUT2D eigenvalue weighted by Crippen LogP contribution is -2.17. The molecule has 17 heavy (non-hydrogen) atoms. The molecule has 4 nitrogen and oxygen atoms in total. The van der Waals surface area contributed by atoms with Gasteiger partial charge in [-0.1, -0.05) is 0 Å². The Morgan fingerprint density at radius 3 is 2.59 bits per heavy atom. The van der Waals surface area contributed by atoms with E-state index in [1.165, 1.54) is 0 Å². The first-order valence-corrected chi connectivity index (χ1v) is 6.05. The molecule has 1 N–H and O–H groups in total. The summed E-state index contributed by atoms with van der Waals surface area (Å²) in [4.78, 5) is 16.8. The molecule has 0 spiro atoms. The molecule has 0 saturated heterocycles. The summed E-state index contributed by atoms with van der Waals surface area (Å²) in [5.41, 5.74) is 0.775. The highest BCUT2D eigenvalue weighted by molar-refractivity contribution is 7.13. The van der Waals surface area contributed by atoms with Crippen molar-refractivity contribution in [2.75, 3.05) is 0 Å². The maximum atomic E-state index is 9.60. The summed E-state index contributed by atoms with van der Waals surface area (Å²) in [6.45, 7) is 5.92. The standard InChI is InChI=1S/C7H6N2S.C5H10O2/c1-2-6(8-3-1)7-9-4-5-10-7;1-5(2,3)7-4-6/h1-5,8H;4H,1-3H3. The van der Waals surface area contributed by atoms with Gasteiger partial charge in [0, 0.05) is 17.8 Å². The first-order valence-electron chi connectivity index (χ1n) is 5.17. The number of hydrogen-bond donors (Lipinski definition) is 1. The molecule has 0 radical (unpaired) electrons. The van der Waals surface area contributed by atoms with Gasteiger partial charge in [0.15, 0.2) is 0 Å². The maximum Gasteiger partial charge on any atom is 0.293 e. The van der Waals surface area contributed by atoms with Crippen LogP contribution in [0.25, 0.3) is 10.7 Å². The van der Waals surface area contributed by atoms with E-state index in [0.29, 0.717) is 6.47 Å². The van der Waals surface area contributed by atoms with Gasteiger partial charge in [-0.25, -0.2) is 4.98 Å². The SMILES string of the molecule is CC(C)(C)OC=O.c1c[nH]c(-c2nccs2)c1. The third kappa shape index (κ3) is 5.31. The number of rotatable bonds is 2. The molecule has 0 fully saturated rings. The Labute approximate surface area is 105 Å². The average molecular weight is 252 g/mol. The van der Waals surface area contributed by atoms with Crippen LogP contribution in [-0.4, -0.2) is 22.0 Å². The van der Waals surface area contributed by atoms with Gasteiger partial charge in [0.2, 0.25) is 0 Å². The van der Waals surface area contributed by atoms with Crippen molar-refractivity contribution < 1.29 is 9.53 Å². The number of hydrogen-bond acceptors (Lipinski definition) is 4. The van der Waals surface area contributed by atoms with Gasteiger partial charge in [0.1, 0.15) is 10.6 Å². The predicted octanol–water partition coefficient (Wildman–Crippen LogP) is 3.10. The number of thiazole rings is 1. The molecule has 5 heteroatoms. The summed E-state index contributed by atoms with van der Waals surface area (Å²) in [6, 6.07) is 3.98. The minimum Gasteiger partial charge on any atom is -0.462 e. The van der Waals surface area contributed by atoms with Crippen LogP contribution in [0.2, 0.25) is 0 Å². The summed E-state index contributed by atoms with van der Waals surface area (Å²) >= 11 is 1.64. The molecule has 0 aromatic carbocycles. The van der Waals surface area contributed by atoms with Crippen LogP contribution in [0.3, 0.4) is 0 Å². The Hall–Kier alpha value is -1.62. The number of nitrogens with one attached hydrogen (secondary N) is 1. The average Bonchev–Trinajstić information content (AvgIpc) is 2.90. The van der Waals surface area contributed by atoms with Gasteiger partial charge < -0.3 is 9.72 Å². The summed E-state index contributed by atoms with van der Waals surface area (Å²) < 4.78 is 4.55. The number of ether oxygens (including phenoxy) is 1. The minimum atomic E-state index is -0.318. The Morgan fingerprint density at radius 2 is 2.24 bits per heavy atom. The van der Waals surface area contributed by atoms with Gasteiger partial charge in [-0.15, -0.1) is 11.3 Å². The Morgan fingerprint density at radius 1 is 1.47 bits per heavy atom. The summed E-state index contributed by atoms with van der Waals surface area (Å²) in [6.07, 6.45) is 3.71. The van der Waals surface area contributed by atoms with Crippen molar-refractivity contribution in [1.29, 1.82) is 0 Å². The molecule has 0 amide bonds. The van der Waals surface area contributed by atoms with Crippen molar-refractivity contribution in [2.45, 2.75) is 26.4 Å². The normalized spacial score (nSPS) is 10.3. The fraction of sp³-hybridized carbons (Fsp3) is 0.333. The first kappa shape index (κ1) is 13.4. The fourth-order valence-electron chi connectivity index (χ4n) is 0.964. The highest BCUT2D eigenvalue weighted by Gasteiger charge is 2.07. The van der Waals surface area contributed by atoms with Gasteiger partial charge in [-0.2, -0.15) is 0 Å². The number of carbonyl (C=O) groups is 1. The van der Waals surface area contributed by atoms with E-state index in [1.807, 2.05) is 44.5 Å². The van der Waals surface area contributed by atoms with E-state index in [0.717, 1.165) is 10.7 Å². The summed E-state index contributed by atoms with van der Waals surface area (Å²) in [5, 5.41) is 3.01. The Kier molecular flexibility index (Phi) is 4.90. The number of aromatic nitrogens is 2. The zero-order valence-electron chi connectivity index (χ0n) is 10.1. The molecule has 0 unspecified atom stereocenters. The zero-order chi connectivity index (χ0) is 12.7. The molecule has 2 aromatic heterocycles. The molecular formula is C12H16N2O2S. The molecule has 0 atom stereocenters. The lowest BCUT2D eigenvalue weighted by molar-refractivity contribution is -0.138. The van der Waals surface area contributed by atoms with E-state index >= 15 is 0 Å². The Balaban J connectivity index is 0.000000185. The monoisotopic (exact) mass is 252 g/mol. The second kappa shape index (κ2) is 6.20. The molecule has 2 heterocycles. The summed E-state index contributed by atoms with van der Waals surface area (Å²) in [7, 11) is 0. The van der Waals surface area contributed by atoms with Gasteiger partial charge in [-0.05, 0) is 32.9 Å². The molecular weight excluding hydrogens is 236 g/mol. The molecule has 0 saturated carbocycles. The topological polar surface area (TPSA) is 55.0 Å². The number of carbonyl (C=O) groups excluding carboxylic acids is 1. The van der Waals surface area contributed by atoms with Crippen molar-refractivity contribution in [3.8, 4) is 10.7 Å². The fourth-order valence-corrected chi connectivity index (χ4v) is 1.59. The minimum absolute atomic E-state index is 0.318. The van der Waals surface area contributed by atoms with Crippen LogP contribution in [0, 0.1) is 0 Å². The van der Waals surface area contributed by atoms with Crippen molar-refractivity contribution in [3.63, 3.8) is 0 Å². The van der Waals surface area contributed by atoms with Gasteiger partial charge >= 0.3 is 0 Å². The molecule has 0 aliphatic rings. The third-order valence-electron chi connectivity index (χ3n) is 1.66. The van der Waals surface area contributed by atoms with Crippen molar-refractivity contribution >= 4 is 17.8 Å². The van der Waals surface area contributed by atoms with E-state index < -0.39 is 0 Å². The first-order chi connectivity index (χ1) is 8.03. The van der Waals surface area contributed by atoms with Crippen LogP contribution in [0.1, 0.15) is 20.8 Å². The van der Waals surface area contributed by atoms with E-state index in [-0.39, 0.29) is 5.60 Å². The van der Waals surface area contributed by atoms with E-state index in [9.17, 15) is 4.79 Å². The van der Waals surface area contributed by atoms with Crippen molar-refractivity contribution in [2.24, 2.45) is 0 Å². The second-order valence-electron chi connectivity index (χ2n) is 4.25. The Bertz CT molecular complexity index is 384. The van der Waals surface area contributed by atoms with Crippen molar-refractivity contribution in [3.05, 3.63) is 29.9 Å². The van der Waals surface area contributed by atoms with E-state index in [2.05, 4.69) is 14.7 Å². The largest absolute Gasteiger partial charge is 0.462 e. The molecule has 0 aliphatic heterocycles. The van der Waals surface area contributed by atoms with Crippen LogP contribution in [0.4, 0.5) is 0 Å². The van der Waals surface area contributed by atoms with Crippen LogP contribution in [-0.2, 0) is 9.53 Å². The molecule has 92 valence electrons. The number of H-pyrrole nitrogens is 1. The molecule has 0 aliphatic carbocycles. The number of aromatic amines is 1. The van der Waals surface area contributed by atoms with Gasteiger partial charge in [-0.3, -0.25) is 4.79 Å². The van der Waals surface area contributed by atoms with Crippen LogP contribution < -0.4 is 0 Å². The van der Waals surface area contributed by atoms with Crippen LogP contribution in [0.15, 0.2) is 29.9 Å². The molecule has 2 aromatic rings. The highest BCUT2D eigenvalue weighted by atomic mass is 32.1. The third-order valence-corrected chi connectivity index (χ3v) is 2.47.